The average molecular weight is 279 g/mol. The first-order valence-corrected chi connectivity index (χ1v) is 5.78. The standard InChI is InChI=1S/C6H9N3O.C6H8N2O2/c1-4-3-9(2)6(10)8-5(4)7;1-4-3-8(2)6(10)7-5(4)9/h3H,1-2H3,(H2,7,8,10);3H,1-2H3,(H,7,9,10). The number of H-pyrrole nitrogens is 1. The van der Waals surface area contributed by atoms with Gasteiger partial charge in [-0.25, -0.2) is 9.59 Å². The molecule has 108 valence electrons. The number of nitrogens with zero attached hydrogens (tertiary/aromatic N) is 3. The third-order valence-corrected chi connectivity index (χ3v) is 2.60. The number of aromatic nitrogens is 4. The number of aryl methyl sites for hydroxylation is 4. The predicted molar refractivity (Wildman–Crippen MR) is 75.7 cm³/mol. The second kappa shape index (κ2) is 6.00. The Balaban J connectivity index is 0.000000200. The fraction of sp³-hybridized carbons (Fsp3) is 0.333. The highest BCUT2D eigenvalue weighted by Gasteiger charge is 1.96. The number of nitrogens with two attached hydrogens (primary N) is 1. The maximum atomic E-state index is 10.8. The second-order valence-electron chi connectivity index (χ2n) is 4.38. The quantitative estimate of drug-likeness (QED) is 0.645. The van der Waals surface area contributed by atoms with Crippen molar-refractivity contribution in [3.63, 3.8) is 0 Å². The van der Waals surface area contributed by atoms with Gasteiger partial charge in [0.05, 0.1) is 0 Å². The Hall–Kier alpha value is -2.64. The summed E-state index contributed by atoms with van der Waals surface area (Å²) < 4.78 is 2.72. The minimum atomic E-state index is -0.379. The van der Waals surface area contributed by atoms with Gasteiger partial charge in [-0.15, -0.1) is 0 Å². The first kappa shape index (κ1) is 15.4. The van der Waals surface area contributed by atoms with Crippen LogP contribution in [-0.4, -0.2) is 19.1 Å². The molecule has 0 amide bonds. The molecule has 0 bridgehead atoms. The van der Waals surface area contributed by atoms with Gasteiger partial charge >= 0.3 is 11.4 Å². The van der Waals surface area contributed by atoms with Crippen molar-refractivity contribution in [2.24, 2.45) is 14.1 Å². The molecular formula is C12H17N5O3. The molecule has 0 saturated heterocycles. The minimum absolute atomic E-state index is 0.308. The summed E-state index contributed by atoms with van der Waals surface area (Å²) in [7, 11) is 3.23. The van der Waals surface area contributed by atoms with E-state index in [0.29, 0.717) is 11.4 Å². The van der Waals surface area contributed by atoms with Gasteiger partial charge in [-0.1, -0.05) is 0 Å². The van der Waals surface area contributed by atoms with Crippen LogP contribution >= 0.6 is 0 Å². The van der Waals surface area contributed by atoms with Crippen LogP contribution in [0.2, 0.25) is 0 Å². The first-order valence-electron chi connectivity index (χ1n) is 5.78. The summed E-state index contributed by atoms with van der Waals surface area (Å²) in [5.41, 5.74) is 5.72. The molecule has 0 saturated carbocycles. The van der Waals surface area contributed by atoms with Crippen LogP contribution < -0.4 is 22.7 Å². The van der Waals surface area contributed by atoms with Crippen LogP contribution in [-0.2, 0) is 14.1 Å². The molecule has 0 spiro atoms. The Labute approximate surface area is 114 Å². The van der Waals surface area contributed by atoms with E-state index in [1.54, 1.807) is 27.2 Å². The number of hydrogen-bond acceptors (Lipinski definition) is 5. The highest BCUT2D eigenvalue weighted by Crippen LogP contribution is 1.99. The molecule has 0 aliphatic carbocycles. The molecule has 2 aromatic rings. The zero-order valence-corrected chi connectivity index (χ0v) is 11.8. The van der Waals surface area contributed by atoms with E-state index in [0.717, 1.165) is 5.56 Å². The van der Waals surface area contributed by atoms with Crippen molar-refractivity contribution >= 4 is 5.82 Å². The maximum Gasteiger partial charge on any atom is 0.349 e. The van der Waals surface area contributed by atoms with E-state index in [4.69, 9.17) is 5.73 Å². The topological polar surface area (TPSA) is 116 Å². The van der Waals surface area contributed by atoms with Crippen molar-refractivity contribution < 1.29 is 0 Å². The van der Waals surface area contributed by atoms with Crippen LogP contribution in [0.3, 0.4) is 0 Å². The summed E-state index contributed by atoms with van der Waals surface area (Å²) >= 11 is 0. The summed E-state index contributed by atoms with van der Waals surface area (Å²) in [6.45, 7) is 3.46. The maximum absolute atomic E-state index is 10.8. The lowest BCUT2D eigenvalue weighted by atomic mass is 10.3. The SMILES string of the molecule is Cc1cn(C)c(=O)[nH]c1=O.Cc1cn(C)c(=O)nc1N. The first-order chi connectivity index (χ1) is 9.22. The molecule has 0 atom stereocenters. The fourth-order valence-corrected chi connectivity index (χ4v) is 1.37. The minimum Gasteiger partial charge on any atom is -0.383 e. The van der Waals surface area contributed by atoms with Gasteiger partial charge in [0.15, 0.2) is 0 Å². The average Bonchev–Trinajstić information content (AvgIpc) is 2.35. The van der Waals surface area contributed by atoms with Gasteiger partial charge in [0, 0.05) is 37.6 Å². The molecule has 8 heteroatoms. The van der Waals surface area contributed by atoms with Gasteiger partial charge < -0.3 is 14.9 Å². The summed E-state index contributed by atoms with van der Waals surface area (Å²) in [4.78, 5) is 37.9. The molecule has 20 heavy (non-hydrogen) atoms. The normalized spacial score (nSPS) is 9.80. The lowest BCUT2D eigenvalue weighted by Gasteiger charge is -1.99. The van der Waals surface area contributed by atoms with Crippen LogP contribution in [0.15, 0.2) is 26.8 Å². The van der Waals surface area contributed by atoms with E-state index in [1.165, 1.54) is 15.3 Å². The van der Waals surface area contributed by atoms with E-state index in [9.17, 15) is 14.4 Å². The molecule has 0 aromatic carbocycles. The van der Waals surface area contributed by atoms with Gasteiger partial charge in [0.1, 0.15) is 5.82 Å². The molecule has 2 rings (SSSR count). The molecule has 0 radical (unpaired) electrons. The summed E-state index contributed by atoms with van der Waals surface area (Å²) in [5.74, 6) is 0.308. The van der Waals surface area contributed by atoms with E-state index < -0.39 is 0 Å². The lowest BCUT2D eigenvalue weighted by Crippen LogP contribution is -2.28. The van der Waals surface area contributed by atoms with Crippen molar-refractivity contribution in [3.8, 4) is 0 Å². The van der Waals surface area contributed by atoms with Crippen LogP contribution in [0.25, 0.3) is 0 Å². The van der Waals surface area contributed by atoms with E-state index >= 15 is 0 Å². The molecular weight excluding hydrogens is 262 g/mol. The van der Waals surface area contributed by atoms with E-state index in [1.807, 2.05) is 6.92 Å². The molecule has 0 aliphatic rings. The van der Waals surface area contributed by atoms with Crippen molar-refractivity contribution in [2.45, 2.75) is 13.8 Å². The van der Waals surface area contributed by atoms with Crippen LogP contribution in [0.4, 0.5) is 5.82 Å². The molecule has 3 N–H and O–H groups in total. The monoisotopic (exact) mass is 279 g/mol. The van der Waals surface area contributed by atoms with Gasteiger partial charge in [0.2, 0.25) is 0 Å². The van der Waals surface area contributed by atoms with Crippen molar-refractivity contribution in [1.29, 1.82) is 0 Å². The predicted octanol–water partition coefficient (Wildman–Crippen LogP) is -0.947. The summed E-state index contributed by atoms with van der Waals surface area (Å²) in [6, 6.07) is 0. The molecule has 0 fully saturated rings. The number of aromatic amines is 1. The molecule has 0 aliphatic heterocycles. The van der Waals surface area contributed by atoms with Crippen LogP contribution in [0.1, 0.15) is 11.1 Å². The highest BCUT2D eigenvalue weighted by atomic mass is 16.2. The van der Waals surface area contributed by atoms with Gasteiger partial charge in [-0.2, -0.15) is 4.98 Å². The highest BCUT2D eigenvalue weighted by molar-refractivity contribution is 5.34. The third-order valence-electron chi connectivity index (χ3n) is 2.60. The number of anilines is 1. The number of nitrogens with one attached hydrogen (secondary N) is 1. The fourth-order valence-electron chi connectivity index (χ4n) is 1.37. The van der Waals surface area contributed by atoms with Crippen molar-refractivity contribution in [2.75, 3.05) is 5.73 Å². The largest absolute Gasteiger partial charge is 0.383 e. The summed E-state index contributed by atoms with van der Waals surface area (Å²) in [6.07, 6.45) is 3.16. The zero-order valence-electron chi connectivity index (χ0n) is 11.8. The molecule has 8 nitrogen and oxygen atoms in total. The molecule has 2 heterocycles. The Morgan fingerprint density at radius 2 is 1.60 bits per heavy atom. The lowest BCUT2D eigenvalue weighted by molar-refractivity contribution is 0.789. The number of nitrogen functional groups attached to an aromatic ring is 1. The van der Waals surface area contributed by atoms with Gasteiger partial charge in [0.25, 0.3) is 5.56 Å². The van der Waals surface area contributed by atoms with Crippen LogP contribution in [0.5, 0.6) is 0 Å². The van der Waals surface area contributed by atoms with E-state index in [2.05, 4.69) is 9.97 Å². The molecule has 2 aromatic heterocycles. The van der Waals surface area contributed by atoms with Crippen molar-refractivity contribution in [3.05, 3.63) is 54.8 Å². The van der Waals surface area contributed by atoms with Crippen LogP contribution in [0, 0.1) is 13.8 Å². The van der Waals surface area contributed by atoms with Gasteiger partial charge in [-0.05, 0) is 13.8 Å². The molecule has 0 unspecified atom stereocenters. The Morgan fingerprint density at radius 1 is 1.05 bits per heavy atom. The Bertz CT molecular complexity index is 754. The number of hydrogen-bond donors (Lipinski definition) is 2. The third kappa shape index (κ3) is 3.67. The van der Waals surface area contributed by atoms with Gasteiger partial charge in [-0.3, -0.25) is 9.78 Å². The summed E-state index contributed by atoms with van der Waals surface area (Å²) in [5, 5.41) is 0. The zero-order chi connectivity index (χ0) is 15.4. The Morgan fingerprint density at radius 3 is 2.10 bits per heavy atom. The number of rotatable bonds is 0. The second-order valence-corrected chi connectivity index (χ2v) is 4.38. The van der Waals surface area contributed by atoms with E-state index in [-0.39, 0.29) is 16.9 Å². The van der Waals surface area contributed by atoms with Crippen molar-refractivity contribution in [1.82, 2.24) is 19.1 Å². The smallest absolute Gasteiger partial charge is 0.349 e. The Kier molecular flexibility index (Phi) is 4.63.